The molecule has 2 saturated heterocycles. The highest BCUT2D eigenvalue weighted by Gasteiger charge is 2.50. The first kappa shape index (κ1) is 17.9. The lowest BCUT2D eigenvalue weighted by atomic mass is 9.65. The van der Waals surface area contributed by atoms with Crippen molar-refractivity contribution in [2.24, 2.45) is 5.41 Å². The van der Waals surface area contributed by atoms with E-state index in [4.69, 9.17) is 9.47 Å². The second-order valence-electron chi connectivity index (χ2n) is 8.28. The van der Waals surface area contributed by atoms with Crippen LogP contribution < -0.4 is 0 Å². The molecule has 2 aromatic rings. The van der Waals surface area contributed by atoms with Crippen molar-refractivity contribution in [3.05, 3.63) is 41.2 Å². The zero-order chi connectivity index (χ0) is 19.1. The van der Waals surface area contributed by atoms with E-state index >= 15 is 0 Å². The van der Waals surface area contributed by atoms with Crippen LogP contribution in [0.5, 0.6) is 0 Å². The number of amides is 1. The Morgan fingerprint density at radius 3 is 3.11 bits per heavy atom. The molecular formula is C22H27N3O3. The maximum Gasteiger partial charge on any atom is 0.289 e. The fourth-order valence-corrected chi connectivity index (χ4v) is 5.29. The normalized spacial score (nSPS) is 28.1. The summed E-state index contributed by atoms with van der Waals surface area (Å²) in [5.74, 6) is 0.460. The first-order chi connectivity index (χ1) is 13.7. The number of H-pyrrole nitrogens is 1. The van der Waals surface area contributed by atoms with E-state index in [1.807, 2.05) is 25.1 Å². The second-order valence-corrected chi connectivity index (χ2v) is 8.28. The molecule has 5 rings (SSSR count). The molecule has 6 heteroatoms. The van der Waals surface area contributed by atoms with Gasteiger partial charge in [0, 0.05) is 24.6 Å². The van der Waals surface area contributed by atoms with Crippen LogP contribution in [-0.2, 0) is 9.47 Å². The largest absolute Gasteiger partial charge is 0.380 e. The van der Waals surface area contributed by atoms with Gasteiger partial charge >= 0.3 is 0 Å². The highest BCUT2D eigenvalue weighted by molar-refractivity contribution is 5.94. The molecule has 1 aromatic heterocycles. The van der Waals surface area contributed by atoms with Crippen molar-refractivity contribution in [2.45, 2.75) is 38.6 Å². The summed E-state index contributed by atoms with van der Waals surface area (Å²) in [4.78, 5) is 23.4. The molecule has 1 N–H and O–H groups in total. The average molecular weight is 381 g/mol. The van der Waals surface area contributed by atoms with Gasteiger partial charge < -0.3 is 19.4 Å². The zero-order valence-corrected chi connectivity index (χ0v) is 16.4. The van der Waals surface area contributed by atoms with Gasteiger partial charge in [-0.2, -0.15) is 0 Å². The van der Waals surface area contributed by atoms with E-state index in [2.05, 4.69) is 20.9 Å². The predicted octanol–water partition coefficient (Wildman–Crippen LogP) is 3.23. The first-order valence-corrected chi connectivity index (χ1v) is 10.3. The number of likely N-dealkylation sites (tertiary alicyclic amines) is 1. The Bertz CT molecular complexity index is 930. The van der Waals surface area contributed by atoms with Crippen LogP contribution in [0.2, 0.25) is 0 Å². The van der Waals surface area contributed by atoms with Crippen LogP contribution in [0.1, 0.15) is 41.9 Å². The summed E-state index contributed by atoms with van der Waals surface area (Å²) in [5, 5.41) is 0. The van der Waals surface area contributed by atoms with E-state index in [0.29, 0.717) is 25.6 Å². The minimum absolute atomic E-state index is 0.0116. The fourth-order valence-electron chi connectivity index (χ4n) is 5.29. The standard InChI is InChI=1S/C22H27N3O3/c1-15-3-4-17-18(13-15)24-20(23-17)21(26)25-9-2-8-22(14-28-12-7-19(22)25)16-5-10-27-11-6-16/h3-5,13,19H,2,6-12,14H2,1H3,(H,23,24)/t19-,22-/m1/s1. The fraction of sp³-hybridized carbons (Fsp3) is 0.545. The van der Waals surface area contributed by atoms with Crippen molar-refractivity contribution >= 4 is 16.9 Å². The lowest BCUT2D eigenvalue weighted by Crippen LogP contribution is -2.59. The number of ether oxygens (including phenoxy) is 2. The Morgan fingerprint density at radius 1 is 1.32 bits per heavy atom. The number of fused-ring (bicyclic) bond motifs is 2. The quantitative estimate of drug-likeness (QED) is 0.811. The summed E-state index contributed by atoms with van der Waals surface area (Å²) in [6.45, 7) is 5.67. The van der Waals surface area contributed by atoms with Crippen molar-refractivity contribution in [3.8, 4) is 0 Å². The number of piperidine rings is 1. The Labute approximate surface area is 164 Å². The highest BCUT2D eigenvalue weighted by Crippen LogP contribution is 2.48. The number of benzene rings is 1. The number of hydrogen-bond acceptors (Lipinski definition) is 4. The van der Waals surface area contributed by atoms with Crippen molar-refractivity contribution in [1.29, 1.82) is 0 Å². The number of carbonyl (C=O) groups excluding carboxylic acids is 1. The summed E-state index contributed by atoms with van der Waals surface area (Å²) < 4.78 is 11.5. The molecule has 1 amide bonds. The van der Waals surface area contributed by atoms with E-state index in [1.165, 1.54) is 5.57 Å². The molecule has 1 aromatic carbocycles. The molecule has 0 spiro atoms. The second kappa shape index (κ2) is 7.01. The smallest absolute Gasteiger partial charge is 0.289 e. The van der Waals surface area contributed by atoms with Crippen LogP contribution >= 0.6 is 0 Å². The molecule has 0 unspecified atom stereocenters. The molecule has 4 heterocycles. The molecule has 2 atom stereocenters. The lowest BCUT2D eigenvalue weighted by molar-refractivity contribution is -0.0741. The average Bonchev–Trinajstić information content (AvgIpc) is 3.16. The summed E-state index contributed by atoms with van der Waals surface area (Å²) >= 11 is 0. The molecule has 3 aliphatic heterocycles. The van der Waals surface area contributed by atoms with Gasteiger partial charge in [0.1, 0.15) is 0 Å². The third-order valence-corrected chi connectivity index (χ3v) is 6.63. The summed E-state index contributed by atoms with van der Waals surface area (Å²) in [6.07, 6.45) is 6.11. The van der Waals surface area contributed by atoms with Gasteiger partial charge in [-0.1, -0.05) is 17.7 Å². The molecule has 2 fully saturated rings. The zero-order valence-electron chi connectivity index (χ0n) is 16.4. The van der Waals surface area contributed by atoms with Crippen LogP contribution in [0, 0.1) is 12.3 Å². The van der Waals surface area contributed by atoms with Crippen molar-refractivity contribution in [2.75, 3.05) is 33.0 Å². The minimum Gasteiger partial charge on any atom is -0.380 e. The van der Waals surface area contributed by atoms with Crippen LogP contribution in [0.4, 0.5) is 0 Å². The molecule has 6 nitrogen and oxygen atoms in total. The van der Waals surface area contributed by atoms with E-state index < -0.39 is 0 Å². The van der Waals surface area contributed by atoms with Gasteiger partial charge in [0.25, 0.3) is 5.91 Å². The van der Waals surface area contributed by atoms with Crippen LogP contribution in [0.3, 0.4) is 0 Å². The van der Waals surface area contributed by atoms with Gasteiger partial charge in [0.2, 0.25) is 0 Å². The van der Waals surface area contributed by atoms with Gasteiger partial charge in [-0.15, -0.1) is 0 Å². The molecule has 148 valence electrons. The lowest BCUT2D eigenvalue weighted by Gasteiger charge is -2.53. The number of rotatable bonds is 2. The number of aromatic nitrogens is 2. The molecule has 0 saturated carbocycles. The third kappa shape index (κ3) is 2.86. The van der Waals surface area contributed by atoms with Gasteiger partial charge in [0.15, 0.2) is 5.82 Å². The topological polar surface area (TPSA) is 67.5 Å². The molecule has 0 radical (unpaired) electrons. The van der Waals surface area contributed by atoms with Gasteiger partial charge in [-0.3, -0.25) is 4.79 Å². The van der Waals surface area contributed by atoms with Crippen LogP contribution in [-0.4, -0.2) is 59.8 Å². The minimum atomic E-state index is -0.0709. The number of nitrogens with one attached hydrogen (secondary N) is 1. The highest BCUT2D eigenvalue weighted by atomic mass is 16.5. The molecule has 3 aliphatic rings. The van der Waals surface area contributed by atoms with Crippen molar-refractivity contribution < 1.29 is 14.3 Å². The molecule has 0 bridgehead atoms. The SMILES string of the molecule is Cc1ccc2nc(C(=O)N3CCC[C@]4(C5=CCOCC5)COCC[C@@H]34)[nH]c2c1. The summed E-state index contributed by atoms with van der Waals surface area (Å²) in [5.41, 5.74) is 4.27. The molecular weight excluding hydrogens is 354 g/mol. The van der Waals surface area contributed by atoms with Crippen LogP contribution in [0.15, 0.2) is 29.8 Å². The first-order valence-electron chi connectivity index (χ1n) is 10.3. The van der Waals surface area contributed by atoms with Crippen LogP contribution in [0.25, 0.3) is 11.0 Å². The molecule has 28 heavy (non-hydrogen) atoms. The van der Waals surface area contributed by atoms with E-state index in [1.54, 1.807) is 0 Å². The number of carbonyl (C=O) groups is 1. The monoisotopic (exact) mass is 381 g/mol. The van der Waals surface area contributed by atoms with Gasteiger partial charge in [0.05, 0.1) is 30.9 Å². The number of imidazole rings is 1. The number of aromatic amines is 1. The van der Waals surface area contributed by atoms with Gasteiger partial charge in [-0.05, 0) is 50.3 Å². The predicted molar refractivity (Wildman–Crippen MR) is 106 cm³/mol. The maximum atomic E-state index is 13.5. The van der Waals surface area contributed by atoms with Gasteiger partial charge in [-0.25, -0.2) is 4.98 Å². The van der Waals surface area contributed by atoms with E-state index in [0.717, 1.165) is 55.4 Å². The Balaban J connectivity index is 1.49. The number of aryl methyl sites for hydroxylation is 1. The molecule has 0 aliphatic carbocycles. The Hall–Kier alpha value is -2.18. The maximum absolute atomic E-state index is 13.5. The van der Waals surface area contributed by atoms with Crippen molar-refractivity contribution in [1.82, 2.24) is 14.9 Å². The van der Waals surface area contributed by atoms with E-state index in [-0.39, 0.29) is 17.4 Å². The Kier molecular flexibility index (Phi) is 4.48. The van der Waals surface area contributed by atoms with Crippen molar-refractivity contribution in [3.63, 3.8) is 0 Å². The summed E-state index contributed by atoms with van der Waals surface area (Å²) in [6, 6.07) is 6.21. The van der Waals surface area contributed by atoms with E-state index in [9.17, 15) is 4.79 Å². The third-order valence-electron chi connectivity index (χ3n) is 6.63. The number of nitrogens with zero attached hydrogens (tertiary/aromatic N) is 2. The Morgan fingerprint density at radius 2 is 2.25 bits per heavy atom. The number of hydrogen-bond donors (Lipinski definition) is 1. The summed E-state index contributed by atoms with van der Waals surface area (Å²) in [7, 11) is 0.